The molecule has 5 heteroatoms. The fraction of sp³-hybridized carbons (Fsp3) is 0.562. The fourth-order valence-corrected chi connectivity index (χ4v) is 2.16. The second-order valence-corrected chi connectivity index (χ2v) is 5.47. The van der Waals surface area contributed by atoms with Crippen molar-refractivity contribution < 1.29 is 9.53 Å². The van der Waals surface area contributed by atoms with Gasteiger partial charge in [0.05, 0.1) is 18.3 Å². The molecule has 21 heavy (non-hydrogen) atoms. The summed E-state index contributed by atoms with van der Waals surface area (Å²) < 4.78 is 5.36. The van der Waals surface area contributed by atoms with E-state index in [1.165, 1.54) is 0 Å². The standard InChI is InChI=1S/C16H27N3O2/c1-5-11-18-16(2,15(17)20)10-12-19(3)13-8-6-7-9-14(13)21-4/h6-9,18H,5,10-12H2,1-4H3,(H2,17,20). The lowest BCUT2D eigenvalue weighted by Gasteiger charge is -2.30. The summed E-state index contributed by atoms with van der Waals surface area (Å²) in [6.07, 6.45) is 1.60. The first-order valence-electron chi connectivity index (χ1n) is 7.33. The molecule has 1 aromatic rings. The van der Waals surface area contributed by atoms with Crippen LogP contribution in [-0.4, -0.2) is 38.7 Å². The highest BCUT2D eigenvalue weighted by molar-refractivity contribution is 5.84. The Morgan fingerprint density at radius 2 is 2.10 bits per heavy atom. The minimum Gasteiger partial charge on any atom is -0.495 e. The van der Waals surface area contributed by atoms with Crippen LogP contribution in [0.3, 0.4) is 0 Å². The van der Waals surface area contributed by atoms with E-state index in [1.54, 1.807) is 7.11 Å². The van der Waals surface area contributed by atoms with Gasteiger partial charge < -0.3 is 20.7 Å². The van der Waals surface area contributed by atoms with E-state index in [1.807, 2.05) is 38.2 Å². The first-order chi connectivity index (χ1) is 9.94. The highest BCUT2D eigenvalue weighted by atomic mass is 16.5. The molecule has 0 saturated carbocycles. The van der Waals surface area contributed by atoms with Crippen molar-refractivity contribution in [1.82, 2.24) is 5.32 Å². The summed E-state index contributed by atoms with van der Waals surface area (Å²) in [6, 6.07) is 7.83. The lowest BCUT2D eigenvalue weighted by atomic mass is 9.96. The molecular weight excluding hydrogens is 266 g/mol. The van der Waals surface area contributed by atoms with Gasteiger partial charge in [0.2, 0.25) is 5.91 Å². The third kappa shape index (κ3) is 4.63. The second-order valence-electron chi connectivity index (χ2n) is 5.47. The highest BCUT2D eigenvalue weighted by Crippen LogP contribution is 2.27. The number of anilines is 1. The van der Waals surface area contributed by atoms with Crippen molar-refractivity contribution in [2.75, 3.05) is 32.1 Å². The molecule has 1 rings (SSSR count). The van der Waals surface area contributed by atoms with Crippen molar-refractivity contribution in [2.45, 2.75) is 32.2 Å². The minimum atomic E-state index is -0.688. The van der Waals surface area contributed by atoms with Crippen molar-refractivity contribution in [1.29, 1.82) is 0 Å². The number of benzene rings is 1. The van der Waals surface area contributed by atoms with Crippen molar-refractivity contribution in [2.24, 2.45) is 5.73 Å². The molecule has 3 N–H and O–H groups in total. The van der Waals surface area contributed by atoms with Crippen molar-refractivity contribution in [3.05, 3.63) is 24.3 Å². The number of carbonyl (C=O) groups is 1. The molecule has 0 saturated heterocycles. The van der Waals surface area contributed by atoms with Gasteiger partial charge in [-0.15, -0.1) is 0 Å². The van der Waals surface area contributed by atoms with Gasteiger partial charge in [-0.1, -0.05) is 19.1 Å². The molecular formula is C16H27N3O2. The molecule has 1 unspecified atom stereocenters. The van der Waals surface area contributed by atoms with Gasteiger partial charge in [0.15, 0.2) is 0 Å². The third-order valence-corrected chi connectivity index (χ3v) is 3.75. The van der Waals surface area contributed by atoms with Crippen molar-refractivity contribution >= 4 is 11.6 Å². The van der Waals surface area contributed by atoms with E-state index >= 15 is 0 Å². The molecule has 0 fully saturated rings. The molecule has 0 aliphatic heterocycles. The largest absolute Gasteiger partial charge is 0.495 e. The molecule has 0 bridgehead atoms. The van der Waals surface area contributed by atoms with Gasteiger partial charge >= 0.3 is 0 Å². The number of hydrogen-bond donors (Lipinski definition) is 2. The van der Waals surface area contributed by atoms with Crippen LogP contribution in [0.15, 0.2) is 24.3 Å². The van der Waals surface area contributed by atoms with Gasteiger partial charge in [-0.2, -0.15) is 0 Å². The van der Waals surface area contributed by atoms with Gasteiger partial charge in [0.1, 0.15) is 5.75 Å². The highest BCUT2D eigenvalue weighted by Gasteiger charge is 2.30. The van der Waals surface area contributed by atoms with E-state index in [0.717, 1.165) is 24.4 Å². The van der Waals surface area contributed by atoms with Crippen LogP contribution >= 0.6 is 0 Å². The zero-order valence-electron chi connectivity index (χ0n) is 13.5. The number of ether oxygens (including phenoxy) is 1. The molecule has 0 aliphatic carbocycles. The van der Waals surface area contributed by atoms with Crippen LogP contribution in [0.2, 0.25) is 0 Å². The molecule has 1 amide bonds. The zero-order chi connectivity index (χ0) is 15.9. The molecule has 0 aliphatic rings. The maximum atomic E-state index is 11.7. The Balaban J connectivity index is 2.73. The van der Waals surface area contributed by atoms with Crippen LogP contribution < -0.4 is 20.7 Å². The van der Waals surface area contributed by atoms with Crippen LogP contribution in [0.5, 0.6) is 5.75 Å². The number of nitrogens with zero attached hydrogens (tertiary/aromatic N) is 1. The molecule has 0 heterocycles. The Hall–Kier alpha value is -1.75. The summed E-state index contributed by atoms with van der Waals surface area (Å²) in [6.45, 7) is 5.41. The maximum Gasteiger partial charge on any atom is 0.237 e. The van der Waals surface area contributed by atoms with E-state index < -0.39 is 5.54 Å². The number of carbonyl (C=O) groups excluding carboxylic acids is 1. The Kier molecular flexibility index (Phi) is 6.49. The summed E-state index contributed by atoms with van der Waals surface area (Å²) in [5.41, 5.74) is 5.86. The summed E-state index contributed by atoms with van der Waals surface area (Å²) in [5.74, 6) is 0.506. The quantitative estimate of drug-likeness (QED) is 0.728. The Bertz CT molecular complexity index is 465. The summed E-state index contributed by atoms with van der Waals surface area (Å²) in [7, 11) is 3.64. The second kappa shape index (κ2) is 7.88. The summed E-state index contributed by atoms with van der Waals surface area (Å²) in [5, 5.41) is 3.25. The minimum absolute atomic E-state index is 0.315. The Morgan fingerprint density at radius 1 is 1.43 bits per heavy atom. The summed E-state index contributed by atoms with van der Waals surface area (Å²) >= 11 is 0. The topological polar surface area (TPSA) is 67.6 Å². The molecule has 118 valence electrons. The number of amides is 1. The van der Waals surface area contributed by atoms with Crippen LogP contribution in [0, 0.1) is 0 Å². The van der Waals surface area contributed by atoms with Gasteiger partial charge in [0, 0.05) is 13.6 Å². The van der Waals surface area contributed by atoms with Crippen LogP contribution in [-0.2, 0) is 4.79 Å². The van der Waals surface area contributed by atoms with E-state index in [9.17, 15) is 4.79 Å². The molecule has 1 aromatic carbocycles. The fourth-order valence-electron chi connectivity index (χ4n) is 2.16. The Labute approximate surface area is 127 Å². The lowest BCUT2D eigenvalue weighted by molar-refractivity contribution is -0.124. The van der Waals surface area contributed by atoms with Crippen LogP contribution in [0.1, 0.15) is 26.7 Å². The predicted molar refractivity (Wildman–Crippen MR) is 86.8 cm³/mol. The molecule has 1 atom stereocenters. The van der Waals surface area contributed by atoms with Crippen LogP contribution in [0.25, 0.3) is 0 Å². The first kappa shape index (κ1) is 17.3. The SMILES string of the molecule is CCCNC(C)(CCN(C)c1ccccc1OC)C(N)=O. The van der Waals surface area contributed by atoms with Gasteiger partial charge in [0.25, 0.3) is 0 Å². The molecule has 0 spiro atoms. The van der Waals surface area contributed by atoms with Crippen LogP contribution in [0.4, 0.5) is 5.69 Å². The zero-order valence-corrected chi connectivity index (χ0v) is 13.5. The van der Waals surface area contributed by atoms with Crippen molar-refractivity contribution in [3.63, 3.8) is 0 Å². The van der Waals surface area contributed by atoms with E-state index in [-0.39, 0.29) is 5.91 Å². The van der Waals surface area contributed by atoms with Gasteiger partial charge in [-0.05, 0) is 38.4 Å². The average Bonchev–Trinajstić information content (AvgIpc) is 2.50. The Morgan fingerprint density at radius 3 is 2.67 bits per heavy atom. The lowest BCUT2D eigenvalue weighted by Crippen LogP contribution is -2.54. The molecule has 0 aromatic heterocycles. The molecule has 0 radical (unpaired) electrons. The average molecular weight is 293 g/mol. The number of para-hydroxylation sites is 2. The van der Waals surface area contributed by atoms with E-state index in [4.69, 9.17) is 10.5 Å². The van der Waals surface area contributed by atoms with E-state index in [0.29, 0.717) is 13.0 Å². The number of nitrogens with one attached hydrogen (secondary N) is 1. The smallest absolute Gasteiger partial charge is 0.237 e. The monoisotopic (exact) mass is 293 g/mol. The van der Waals surface area contributed by atoms with Gasteiger partial charge in [-0.3, -0.25) is 4.79 Å². The number of rotatable bonds is 9. The van der Waals surface area contributed by atoms with E-state index in [2.05, 4.69) is 17.1 Å². The predicted octanol–water partition coefficient (Wildman–Crippen LogP) is 1.77. The number of hydrogen-bond acceptors (Lipinski definition) is 4. The first-order valence-corrected chi connectivity index (χ1v) is 7.33. The van der Waals surface area contributed by atoms with Crippen molar-refractivity contribution in [3.8, 4) is 5.75 Å². The van der Waals surface area contributed by atoms with Gasteiger partial charge in [-0.25, -0.2) is 0 Å². The summed E-state index contributed by atoms with van der Waals surface area (Å²) in [4.78, 5) is 13.8. The number of nitrogens with two attached hydrogens (primary N) is 1. The number of primary amides is 1. The maximum absolute atomic E-state index is 11.7. The number of methoxy groups -OCH3 is 1. The molecule has 5 nitrogen and oxygen atoms in total. The third-order valence-electron chi connectivity index (χ3n) is 3.75. The normalized spacial score (nSPS) is 13.5.